The largest absolute Gasteiger partial charge is 0.489 e. The van der Waals surface area contributed by atoms with Gasteiger partial charge in [0.05, 0.1) is 15.4 Å². The topological polar surface area (TPSA) is 56.3 Å². The third-order valence-electron chi connectivity index (χ3n) is 4.88. The highest BCUT2D eigenvalue weighted by molar-refractivity contribution is 7.90. The van der Waals surface area contributed by atoms with Crippen LogP contribution >= 0.6 is 23.2 Å². The number of hydrogen-bond donors (Lipinski definition) is 0. The molecule has 0 aliphatic rings. The van der Waals surface area contributed by atoms with Crippen LogP contribution in [0.25, 0.3) is 22.0 Å². The molecule has 0 fully saturated rings. The van der Waals surface area contributed by atoms with E-state index in [1.165, 1.54) is 6.26 Å². The summed E-state index contributed by atoms with van der Waals surface area (Å²) in [5, 5.41) is 2.06. The number of halogens is 2. The lowest BCUT2D eigenvalue weighted by atomic mass is 10.00. The highest BCUT2D eigenvalue weighted by atomic mass is 35.5. The Hall–Kier alpha value is -2.60. The SMILES string of the molecule is Cc1cc(-c2cc(OCc3cccc(S(C)(=O)=O)c3)ccc2Cl)c2cccc(Cl)c2n1. The molecule has 0 saturated heterocycles. The molecule has 0 aliphatic heterocycles. The highest BCUT2D eigenvalue weighted by Gasteiger charge is 2.13. The summed E-state index contributed by atoms with van der Waals surface area (Å²) >= 11 is 12.9. The molecule has 1 aromatic heterocycles. The zero-order valence-electron chi connectivity index (χ0n) is 16.9. The number of para-hydroxylation sites is 1. The maximum Gasteiger partial charge on any atom is 0.175 e. The summed E-state index contributed by atoms with van der Waals surface area (Å²) in [7, 11) is -3.27. The molecule has 0 unspecified atom stereocenters. The Kier molecular flexibility index (Phi) is 5.93. The lowest BCUT2D eigenvalue weighted by molar-refractivity contribution is 0.306. The van der Waals surface area contributed by atoms with Crippen molar-refractivity contribution in [1.82, 2.24) is 4.98 Å². The minimum Gasteiger partial charge on any atom is -0.489 e. The first-order valence-corrected chi connectivity index (χ1v) is 12.1. The molecule has 4 rings (SSSR count). The molecule has 1 heterocycles. The summed E-state index contributed by atoms with van der Waals surface area (Å²) in [6.07, 6.45) is 1.19. The quantitative estimate of drug-likeness (QED) is 0.333. The van der Waals surface area contributed by atoms with E-state index in [1.54, 1.807) is 30.3 Å². The van der Waals surface area contributed by atoms with Gasteiger partial charge in [-0.05, 0) is 60.5 Å². The summed E-state index contributed by atoms with van der Waals surface area (Å²) in [5.74, 6) is 0.619. The summed E-state index contributed by atoms with van der Waals surface area (Å²) < 4.78 is 29.5. The molecule has 0 amide bonds. The second-order valence-electron chi connectivity index (χ2n) is 7.30. The average Bonchev–Trinajstić information content (AvgIpc) is 2.73. The predicted molar refractivity (Wildman–Crippen MR) is 126 cm³/mol. The van der Waals surface area contributed by atoms with Crippen molar-refractivity contribution in [3.8, 4) is 16.9 Å². The van der Waals surface area contributed by atoms with Crippen LogP contribution in [0.3, 0.4) is 0 Å². The fourth-order valence-corrected chi connectivity index (χ4v) is 4.52. The van der Waals surface area contributed by atoms with Gasteiger partial charge in [0.2, 0.25) is 0 Å². The first kappa shape index (κ1) is 21.6. The minimum atomic E-state index is -3.27. The molecule has 3 aromatic carbocycles. The molecular weight excluding hydrogens is 453 g/mol. The molecule has 7 heteroatoms. The number of hydrogen-bond acceptors (Lipinski definition) is 4. The second-order valence-corrected chi connectivity index (χ2v) is 10.1. The average molecular weight is 472 g/mol. The standard InChI is InChI=1S/C24H19Cl2NO3S/c1-15-11-20(19-7-4-8-23(26)24(19)27-15)21-13-17(9-10-22(21)25)30-14-16-5-3-6-18(12-16)31(2,28)29/h3-13H,14H2,1-2H3. The first-order valence-electron chi connectivity index (χ1n) is 9.50. The van der Waals surface area contributed by atoms with E-state index in [2.05, 4.69) is 4.98 Å². The van der Waals surface area contributed by atoms with E-state index in [0.717, 1.165) is 33.3 Å². The fraction of sp³-hybridized carbons (Fsp3) is 0.125. The van der Waals surface area contributed by atoms with E-state index < -0.39 is 9.84 Å². The van der Waals surface area contributed by atoms with E-state index >= 15 is 0 Å². The number of sulfone groups is 1. The van der Waals surface area contributed by atoms with Crippen molar-refractivity contribution in [1.29, 1.82) is 0 Å². The zero-order valence-corrected chi connectivity index (χ0v) is 19.2. The van der Waals surface area contributed by atoms with E-state index in [4.69, 9.17) is 27.9 Å². The van der Waals surface area contributed by atoms with Crippen molar-refractivity contribution in [2.45, 2.75) is 18.4 Å². The fourth-order valence-electron chi connectivity index (χ4n) is 3.40. The van der Waals surface area contributed by atoms with Gasteiger partial charge in [-0.3, -0.25) is 4.98 Å². The molecule has 158 valence electrons. The van der Waals surface area contributed by atoms with Crippen LogP contribution in [0.4, 0.5) is 0 Å². The highest BCUT2D eigenvalue weighted by Crippen LogP contribution is 2.37. The van der Waals surface area contributed by atoms with Gasteiger partial charge in [0.15, 0.2) is 9.84 Å². The molecule has 0 saturated carbocycles. The molecule has 4 aromatic rings. The lowest BCUT2D eigenvalue weighted by Gasteiger charge is -2.13. The number of fused-ring (bicyclic) bond motifs is 1. The second kappa shape index (κ2) is 8.50. The van der Waals surface area contributed by atoms with Gasteiger partial charge in [-0.1, -0.05) is 47.5 Å². The molecule has 31 heavy (non-hydrogen) atoms. The molecule has 0 N–H and O–H groups in total. The van der Waals surface area contributed by atoms with Crippen LogP contribution < -0.4 is 4.74 Å². The van der Waals surface area contributed by atoms with Gasteiger partial charge in [0.1, 0.15) is 12.4 Å². The molecule has 0 spiro atoms. The zero-order chi connectivity index (χ0) is 22.2. The predicted octanol–water partition coefficient (Wildman–Crippen LogP) is 6.50. The number of pyridine rings is 1. The Balaban J connectivity index is 1.70. The Morgan fingerprint density at radius 1 is 0.903 bits per heavy atom. The number of aromatic nitrogens is 1. The molecule has 0 bridgehead atoms. The van der Waals surface area contributed by atoms with Crippen LogP contribution in [0.15, 0.2) is 71.6 Å². The maximum absolute atomic E-state index is 11.8. The van der Waals surface area contributed by atoms with Gasteiger partial charge in [-0.25, -0.2) is 8.42 Å². The molecular formula is C24H19Cl2NO3S. The van der Waals surface area contributed by atoms with Crippen LogP contribution in [0.1, 0.15) is 11.3 Å². The molecule has 4 nitrogen and oxygen atoms in total. The van der Waals surface area contributed by atoms with Crippen LogP contribution in [0.5, 0.6) is 5.75 Å². The Morgan fingerprint density at radius 2 is 1.68 bits per heavy atom. The number of benzene rings is 3. The van der Waals surface area contributed by atoms with Gasteiger partial charge in [0, 0.05) is 27.9 Å². The van der Waals surface area contributed by atoms with E-state index in [9.17, 15) is 8.42 Å². The lowest BCUT2D eigenvalue weighted by Crippen LogP contribution is -2.00. The molecule has 0 radical (unpaired) electrons. The Morgan fingerprint density at radius 3 is 2.45 bits per heavy atom. The van der Waals surface area contributed by atoms with Crippen molar-refractivity contribution in [3.63, 3.8) is 0 Å². The third kappa shape index (κ3) is 4.69. The summed E-state index contributed by atoms with van der Waals surface area (Å²) in [6, 6.07) is 19.8. The Bertz CT molecular complexity index is 1400. The number of ether oxygens (including phenoxy) is 1. The van der Waals surface area contributed by atoms with Crippen LogP contribution in [-0.4, -0.2) is 19.7 Å². The summed E-state index contributed by atoms with van der Waals surface area (Å²) in [5.41, 5.74) is 4.03. The van der Waals surface area contributed by atoms with Crippen molar-refractivity contribution in [2.75, 3.05) is 6.26 Å². The van der Waals surface area contributed by atoms with E-state index in [0.29, 0.717) is 15.8 Å². The van der Waals surface area contributed by atoms with Crippen LogP contribution in [0, 0.1) is 6.92 Å². The number of aryl methyl sites for hydroxylation is 1. The van der Waals surface area contributed by atoms with Gasteiger partial charge >= 0.3 is 0 Å². The van der Waals surface area contributed by atoms with Crippen LogP contribution in [0.2, 0.25) is 10.0 Å². The van der Waals surface area contributed by atoms with Crippen molar-refractivity contribution < 1.29 is 13.2 Å². The summed E-state index contributed by atoms with van der Waals surface area (Å²) in [4.78, 5) is 4.83. The molecule has 0 atom stereocenters. The first-order chi connectivity index (χ1) is 14.7. The Labute approximate surface area is 191 Å². The smallest absolute Gasteiger partial charge is 0.175 e. The van der Waals surface area contributed by atoms with Gasteiger partial charge in [0.25, 0.3) is 0 Å². The number of rotatable bonds is 5. The van der Waals surface area contributed by atoms with E-state index in [1.807, 2.05) is 43.3 Å². The van der Waals surface area contributed by atoms with Crippen molar-refractivity contribution >= 4 is 43.9 Å². The molecule has 0 aliphatic carbocycles. The van der Waals surface area contributed by atoms with Crippen molar-refractivity contribution in [2.24, 2.45) is 0 Å². The van der Waals surface area contributed by atoms with E-state index in [-0.39, 0.29) is 11.5 Å². The third-order valence-corrected chi connectivity index (χ3v) is 6.62. The van der Waals surface area contributed by atoms with Crippen LogP contribution in [-0.2, 0) is 16.4 Å². The van der Waals surface area contributed by atoms with Gasteiger partial charge in [-0.15, -0.1) is 0 Å². The number of nitrogens with zero attached hydrogens (tertiary/aromatic N) is 1. The monoisotopic (exact) mass is 471 g/mol. The van der Waals surface area contributed by atoms with Gasteiger partial charge in [-0.2, -0.15) is 0 Å². The van der Waals surface area contributed by atoms with Crippen molar-refractivity contribution in [3.05, 3.63) is 88.0 Å². The maximum atomic E-state index is 11.8. The van der Waals surface area contributed by atoms with Gasteiger partial charge < -0.3 is 4.74 Å². The summed E-state index contributed by atoms with van der Waals surface area (Å²) in [6.45, 7) is 2.14. The minimum absolute atomic E-state index is 0.229. The normalized spacial score (nSPS) is 11.6.